The minimum Gasteiger partial charge on any atom is -0.497 e. The zero-order chi connectivity index (χ0) is 19.8. The van der Waals surface area contributed by atoms with E-state index in [2.05, 4.69) is 4.98 Å². The van der Waals surface area contributed by atoms with Gasteiger partial charge in [0.1, 0.15) is 16.4 Å². The molecule has 0 fully saturated rings. The number of nitrogens with zero attached hydrogens (tertiary/aromatic N) is 2. The molecule has 0 aliphatic heterocycles. The van der Waals surface area contributed by atoms with Crippen molar-refractivity contribution in [2.24, 2.45) is 0 Å². The third kappa shape index (κ3) is 3.41. The molecular formula is C21H16Cl2N2O2S. The fourth-order valence-electron chi connectivity index (χ4n) is 3.12. The predicted molar refractivity (Wildman–Crippen MR) is 116 cm³/mol. The van der Waals surface area contributed by atoms with E-state index in [4.69, 9.17) is 27.9 Å². The van der Waals surface area contributed by atoms with Crippen molar-refractivity contribution in [2.45, 2.75) is 13.5 Å². The van der Waals surface area contributed by atoms with Crippen molar-refractivity contribution < 1.29 is 4.74 Å². The molecule has 7 heteroatoms. The number of methoxy groups -OCH3 is 1. The molecule has 0 N–H and O–H groups in total. The Morgan fingerprint density at radius 3 is 2.54 bits per heavy atom. The van der Waals surface area contributed by atoms with Crippen LogP contribution in [0.15, 0.2) is 52.6 Å². The zero-order valence-corrected chi connectivity index (χ0v) is 17.5. The highest BCUT2D eigenvalue weighted by Gasteiger charge is 2.16. The van der Waals surface area contributed by atoms with Gasteiger partial charge >= 0.3 is 0 Å². The molecule has 0 aliphatic carbocycles. The van der Waals surface area contributed by atoms with Gasteiger partial charge in [-0.05, 0) is 42.3 Å². The number of ether oxygens (including phenoxy) is 1. The van der Waals surface area contributed by atoms with Crippen LogP contribution in [-0.2, 0) is 6.54 Å². The lowest BCUT2D eigenvalue weighted by atomic mass is 10.1. The molecule has 142 valence electrons. The zero-order valence-electron chi connectivity index (χ0n) is 15.2. The molecule has 0 saturated carbocycles. The summed E-state index contributed by atoms with van der Waals surface area (Å²) in [4.78, 5) is 18.7. The molecule has 0 amide bonds. The Morgan fingerprint density at radius 2 is 1.86 bits per heavy atom. The van der Waals surface area contributed by atoms with Crippen LogP contribution in [0.4, 0.5) is 0 Å². The van der Waals surface area contributed by atoms with E-state index >= 15 is 0 Å². The molecule has 4 rings (SSSR count). The monoisotopic (exact) mass is 430 g/mol. The average molecular weight is 431 g/mol. The number of rotatable bonds is 4. The van der Waals surface area contributed by atoms with E-state index in [1.165, 1.54) is 11.3 Å². The van der Waals surface area contributed by atoms with Gasteiger partial charge in [0.25, 0.3) is 5.56 Å². The summed E-state index contributed by atoms with van der Waals surface area (Å²) >= 11 is 13.6. The number of aromatic nitrogens is 2. The minimum atomic E-state index is -0.0689. The first-order valence-electron chi connectivity index (χ1n) is 8.55. The van der Waals surface area contributed by atoms with Crippen LogP contribution in [0.25, 0.3) is 21.3 Å². The summed E-state index contributed by atoms with van der Waals surface area (Å²) in [6.45, 7) is 2.22. The Labute approximate surface area is 175 Å². The molecule has 0 spiro atoms. The first-order valence-corrected chi connectivity index (χ1v) is 10.2. The Kier molecular flexibility index (Phi) is 5.15. The fraction of sp³-hybridized carbons (Fsp3) is 0.143. The van der Waals surface area contributed by atoms with Crippen LogP contribution in [0.3, 0.4) is 0 Å². The van der Waals surface area contributed by atoms with E-state index < -0.39 is 0 Å². The summed E-state index contributed by atoms with van der Waals surface area (Å²) in [6, 6.07) is 13.0. The second-order valence-electron chi connectivity index (χ2n) is 6.36. The lowest BCUT2D eigenvalue weighted by Gasteiger charge is -2.11. The van der Waals surface area contributed by atoms with Crippen molar-refractivity contribution >= 4 is 44.8 Å². The van der Waals surface area contributed by atoms with E-state index in [0.717, 1.165) is 27.3 Å². The Bertz CT molecular complexity index is 1230. The third-order valence-corrected chi connectivity index (χ3v) is 6.22. The summed E-state index contributed by atoms with van der Waals surface area (Å²) in [5, 5.41) is 3.56. The van der Waals surface area contributed by atoms with E-state index in [-0.39, 0.29) is 5.56 Å². The smallest absolute Gasteiger partial charge is 0.263 e. The number of hydrogen-bond acceptors (Lipinski definition) is 4. The molecule has 0 unspecified atom stereocenters. The summed E-state index contributed by atoms with van der Waals surface area (Å²) in [5.41, 5.74) is 2.65. The number of benzene rings is 2. The van der Waals surface area contributed by atoms with Crippen LogP contribution in [-0.4, -0.2) is 16.7 Å². The van der Waals surface area contributed by atoms with Crippen molar-refractivity contribution in [2.75, 3.05) is 7.11 Å². The molecule has 4 aromatic rings. The van der Waals surface area contributed by atoms with Gasteiger partial charge in [-0.15, -0.1) is 11.3 Å². The number of aryl methyl sites for hydroxylation is 1. The Hall–Kier alpha value is -2.34. The van der Waals surface area contributed by atoms with Gasteiger partial charge in [-0.1, -0.05) is 41.4 Å². The van der Waals surface area contributed by atoms with E-state index in [1.807, 2.05) is 42.6 Å². The van der Waals surface area contributed by atoms with Crippen molar-refractivity contribution in [1.29, 1.82) is 0 Å². The van der Waals surface area contributed by atoms with Crippen LogP contribution in [0.2, 0.25) is 10.0 Å². The van der Waals surface area contributed by atoms with Gasteiger partial charge in [-0.2, -0.15) is 0 Å². The number of hydrogen-bond donors (Lipinski definition) is 0. The summed E-state index contributed by atoms with van der Waals surface area (Å²) in [5.74, 6) is 1.43. The molecule has 2 aromatic carbocycles. The normalized spacial score (nSPS) is 11.1. The van der Waals surface area contributed by atoms with Gasteiger partial charge in [0.15, 0.2) is 0 Å². The molecule has 0 saturated heterocycles. The summed E-state index contributed by atoms with van der Waals surface area (Å²) in [7, 11) is 1.63. The molecule has 28 heavy (non-hydrogen) atoms. The largest absolute Gasteiger partial charge is 0.497 e. The highest BCUT2D eigenvalue weighted by Crippen LogP contribution is 2.32. The Balaban J connectivity index is 1.83. The highest BCUT2D eigenvalue weighted by atomic mass is 35.5. The average Bonchev–Trinajstić information content (AvgIpc) is 3.11. The van der Waals surface area contributed by atoms with Crippen molar-refractivity contribution in [3.05, 3.63) is 79.6 Å². The van der Waals surface area contributed by atoms with E-state index in [0.29, 0.717) is 27.8 Å². The van der Waals surface area contributed by atoms with Crippen LogP contribution in [0.1, 0.15) is 11.4 Å². The van der Waals surface area contributed by atoms with E-state index in [9.17, 15) is 4.79 Å². The Morgan fingerprint density at radius 1 is 1.11 bits per heavy atom. The lowest BCUT2D eigenvalue weighted by molar-refractivity contribution is 0.415. The predicted octanol–water partition coefficient (Wildman–Crippen LogP) is 5.80. The molecule has 0 atom stereocenters. The second-order valence-corrected chi connectivity index (χ2v) is 8.03. The van der Waals surface area contributed by atoms with Gasteiger partial charge in [0, 0.05) is 10.9 Å². The molecule has 2 heterocycles. The molecule has 0 bridgehead atoms. The third-order valence-electron chi connectivity index (χ3n) is 4.61. The minimum absolute atomic E-state index is 0.0689. The maximum absolute atomic E-state index is 13.3. The van der Waals surface area contributed by atoms with Crippen LogP contribution >= 0.6 is 34.5 Å². The van der Waals surface area contributed by atoms with Crippen LogP contribution in [0.5, 0.6) is 5.75 Å². The first-order chi connectivity index (χ1) is 13.5. The molecule has 4 nitrogen and oxygen atoms in total. The van der Waals surface area contributed by atoms with E-state index in [1.54, 1.807) is 23.8 Å². The maximum atomic E-state index is 13.3. The van der Waals surface area contributed by atoms with Gasteiger partial charge in [0.05, 0.1) is 29.1 Å². The summed E-state index contributed by atoms with van der Waals surface area (Å²) in [6.07, 6.45) is 0. The number of fused-ring (bicyclic) bond motifs is 1. The number of halogens is 2. The van der Waals surface area contributed by atoms with Crippen molar-refractivity contribution in [1.82, 2.24) is 9.55 Å². The molecule has 0 aliphatic rings. The molecule has 2 aromatic heterocycles. The SMILES string of the molecule is COc1ccc(-c2csc3nc(C)n(Cc4ccc(Cl)c(Cl)c4)c(=O)c23)cc1. The van der Waals surface area contributed by atoms with Crippen molar-refractivity contribution in [3.8, 4) is 16.9 Å². The fourth-order valence-corrected chi connectivity index (χ4v) is 4.42. The van der Waals surface area contributed by atoms with Crippen LogP contribution < -0.4 is 10.3 Å². The van der Waals surface area contributed by atoms with Crippen LogP contribution in [0, 0.1) is 6.92 Å². The quantitative estimate of drug-likeness (QED) is 0.410. The van der Waals surface area contributed by atoms with Gasteiger partial charge in [0.2, 0.25) is 0 Å². The lowest BCUT2D eigenvalue weighted by Crippen LogP contribution is -2.24. The first kappa shape index (κ1) is 19.0. The van der Waals surface area contributed by atoms with Gasteiger partial charge < -0.3 is 4.74 Å². The molecule has 0 radical (unpaired) electrons. The number of thiophene rings is 1. The highest BCUT2D eigenvalue weighted by molar-refractivity contribution is 7.17. The molecular weight excluding hydrogens is 415 g/mol. The van der Waals surface area contributed by atoms with Gasteiger partial charge in [-0.25, -0.2) is 4.98 Å². The van der Waals surface area contributed by atoms with Crippen molar-refractivity contribution in [3.63, 3.8) is 0 Å². The van der Waals surface area contributed by atoms with Gasteiger partial charge in [-0.3, -0.25) is 9.36 Å². The standard InChI is InChI=1S/C21H16Cl2N2O2S/c1-12-24-20-19(16(11-28-20)14-4-6-15(27-2)7-5-14)21(26)25(12)10-13-3-8-17(22)18(23)9-13/h3-9,11H,10H2,1-2H3. The second kappa shape index (κ2) is 7.59. The maximum Gasteiger partial charge on any atom is 0.263 e. The summed E-state index contributed by atoms with van der Waals surface area (Å²) < 4.78 is 6.89. The topological polar surface area (TPSA) is 44.1 Å².